The van der Waals surface area contributed by atoms with Crippen LogP contribution in [0, 0.1) is 5.92 Å². The number of fused-ring (bicyclic) bond motifs is 2. The molecule has 2 aliphatic rings. The van der Waals surface area contributed by atoms with E-state index < -0.39 is 5.60 Å². The molecule has 21 heavy (non-hydrogen) atoms. The summed E-state index contributed by atoms with van der Waals surface area (Å²) in [6.45, 7) is 3.13. The van der Waals surface area contributed by atoms with Gasteiger partial charge in [-0.2, -0.15) is 0 Å². The van der Waals surface area contributed by atoms with Gasteiger partial charge < -0.3 is 9.47 Å². The lowest BCUT2D eigenvalue weighted by Crippen LogP contribution is -2.47. The summed E-state index contributed by atoms with van der Waals surface area (Å²) < 4.78 is 11.3. The molecule has 4 atom stereocenters. The minimum absolute atomic E-state index is 0.187. The Kier molecular flexibility index (Phi) is 3.80. The standard InChI is InChI=1S/C16H20BNO3/c1-11-14-15(17)21-16(11,10-18(14)2)8-13(19)20-9-12-6-4-3-5-7-12/h3-7,11,14-15H,8-10H2,1-2H3/t11?,14-,15+,16-/m0/s1. The van der Waals surface area contributed by atoms with Crippen LogP contribution < -0.4 is 0 Å². The van der Waals surface area contributed by atoms with E-state index in [1.165, 1.54) is 0 Å². The molecule has 110 valence electrons. The Labute approximate surface area is 126 Å². The molecule has 0 saturated carbocycles. The van der Waals surface area contributed by atoms with Crippen LogP contribution in [0.4, 0.5) is 0 Å². The van der Waals surface area contributed by atoms with Gasteiger partial charge in [0.2, 0.25) is 0 Å². The van der Waals surface area contributed by atoms with Crippen LogP contribution in [0.5, 0.6) is 0 Å². The lowest BCUT2D eigenvalue weighted by molar-refractivity contribution is -0.154. The summed E-state index contributed by atoms with van der Waals surface area (Å²) in [5, 5.41) is 0. The Morgan fingerprint density at radius 2 is 2.19 bits per heavy atom. The number of esters is 1. The Morgan fingerprint density at radius 1 is 1.48 bits per heavy atom. The van der Waals surface area contributed by atoms with Crippen LogP contribution in [-0.4, -0.2) is 50.0 Å². The Balaban J connectivity index is 1.60. The number of carbonyl (C=O) groups is 1. The summed E-state index contributed by atoms with van der Waals surface area (Å²) >= 11 is 0. The second-order valence-electron chi connectivity index (χ2n) is 6.16. The zero-order valence-corrected chi connectivity index (χ0v) is 12.5. The number of hydrogen-bond acceptors (Lipinski definition) is 4. The van der Waals surface area contributed by atoms with Crippen molar-refractivity contribution in [1.82, 2.24) is 4.90 Å². The summed E-state index contributed by atoms with van der Waals surface area (Å²) in [5.41, 5.74) is 0.494. The van der Waals surface area contributed by atoms with Crippen LogP contribution in [-0.2, 0) is 20.9 Å². The molecule has 2 heterocycles. The van der Waals surface area contributed by atoms with Gasteiger partial charge in [-0.25, -0.2) is 0 Å². The predicted molar refractivity (Wildman–Crippen MR) is 79.8 cm³/mol. The molecule has 2 radical (unpaired) electrons. The van der Waals surface area contributed by atoms with Crippen molar-refractivity contribution in [1.29, 1.82) is 0 Å². The highest BCUT2D eigenvalue weighted by molar-refractivity contribution is 6.12. The average Bonchev–Trinajstić information content (AvgIpc) is 2.82. The third-order valence-corrected chi connectivity index (χ3v) is 4.76. The first kappa shape index (κ1) is 14.6. The van der Waals surface area contributed by atoms with Crippen LogP contribution in [0.25, 0.3) is 0 Å². The van der Waals surface area contributed by atoms with E-state index in [1.54, 1.807) is 0 Å². The van der Waals surface area contributed by atoms with Crippen molar-refractivity contribution in [3.8, 4) is 0 Å². The SMILES string of the molecule is [B][C@@H]1O[C@@]2(CC(=O)OCc3ccccc3)CN(C)[C@H]1C2C. The molecular formula is C16H20BNO3. The molecule has 2 aliphatic heterocycles. The summed E-state index contributed by atoms with van der Waals surface area (Å²) in [6.07, 6.45) is 0.259. The van der Waals surface area contributed by atoms with Crippen LogP contribution >= 0.6 is 0 Å². The number of hydrogen-bond donors (Lipinski definition) is 0. The van der Waals surface area contributed by atoms with Crippen LogP contribution in [0.1, 0.15) is 18.9 Å². The second-order valence-corrected chi connectivity index (χ2v) is 6.16. The molecule has 1 unspecified atom stereocenters. The lowest BCUT2D eigenvalue weighted by Gasteiger charge is -2.34. The van der Waals surface area contributed by atoms with Crippen molar-refractivity contribution < 1.29 is 14.3 Å². The normalized spacial score (nSPS) is 35.0. The van der Waals surface area contributed by atoms with Gasteiger partial charge in [0.1, 0.15) is 14.5 Å². The fourth-order valence-corrected chi connectivity index (χ4v) is 3.68. The van der Waals surface area contributed by atoms with Crippen molar-refractivity contribution >= 4 is 13.8 Å². The molecule has 2 bridgehead atoms. The Morgan fingerprint density at radius 3 is 2.81 bits per heavy atom. The minimum atomic E-state index is -0.493. The number of likely N-dealkylation sites (tertiary alicyclic amines) is 1. The molecule has 2 fully saturated rings. The van der Waals surface area contributed by atoms with Crippen molar-refractivity contribution in [2.75, 3.05) is 13.6 Å². The lowest BCUT2D eigenvalue weighted by atomic mass is 9.84. The molecule has 3 rings (SSSR count). The van der Waals surface area contributed by atoms with E-state index in [0.717, 1.165) is 12.1 Å². The zero-order valence-electron chi connectivity index (χ0n) is 12.5. The molecule has 1 aromatic carbocycles. The molecule has 0 aromatic heterocycles. The zero-order chi connectivity index (χ0) is 15.0. The van der Waals surface area contributed by atoms with E-state index >= 15 is 0 Å². The smallest absolute Gasteiger partial charge is 0.309 e. The first-order valence-corrected chi connectivity index (χ1v) is 7.35. The molecule has 0 aliphatic carbocycles. The molecule has 0 spiro atoms. The maximum Gasteiger partial charge on any atom is 0.309 e. The van der Waals surface area contributed by atoms with Gasteiger partial charge in [-0.05, 0) is 12.6 Å². The monoisotopic (exact) mass is 285 g/mol. The molecule has 0 N–H and O–H groups in total. The van der Waals surface area contributed by atoms with E-state index in [4.69, 9.17) is 17.3 Å². The van der Waals surface area contributed by atoms with E-state index in [0.29, 0.717) is 6.61 Å². The quantitative estimate of drug-likeness (QED) is 0.618. The van der Waals surface area contributed by atoms with E-state index in [2.05, 4.69) is 11.8 Å². The van der Waals surface area contributed by atoms with Gasteiger partial charge in [-0.15, -0.1) is 0 Å². The van der Waals surface area contributed by atoms with E-state index in [-0.39, 0.29) is 30.4 Å². The number of carbonyl (C=O) groups excluding carboxylic acids is 1. The van der Waals surface area contributed by atoms with Crippen LogP contribution in [0.15, 0.2) is 30.3 Å². The van der Waals surface area contributed by atoms with Gasteiger partial charge in [0.25, 0.3) is 0 Å². The maximum atomic E-state index is 12.2. The van der Waals surface area contributed by atoms with Crippen LogP contribution in [0.2, 0.25) is 0 Å². The van der Waals surface area contributed by atoms with Crippen molar-refractivity contribution in [3.05, 3.63) is 35.9 Å². The van der Waals surface area contributed by atoms with E-state index in [1.807, 2.05) is 37.4 Å². The first-order valence-electron chi connectivity index (χ1n) is 7.35. The van der Waals surface area contributed by atoms with Gasteiger partial charge in [-0.3, -0.25) is 9.69 Å². The number of rotatable bonds is 4. The minimum Gasteiger partial charge on any atom is -0.461 e. The topological polar surface area (TPSA) is 38.8 Å². The fraction of sp³-hybridized carbons (Fsp3) is 0.562. The van der Waals surface area contributed by atoms with Crippen molar-refractivity contribution in [2.45, 2.75) is 37.6 Å². The highest BCUT2D eigenvalue weighted by Crippen LogP contribution is 2.46. The molecule has 0 amide bonds. The number of ether oxygens (including phenoxy) is 2. The summed E-state index contributed by atoms with van der Waals surface area (Å²) in [7, 11) is 8.04. The van der Waals surface area contributed by atoms with Crippen LogP contribution in [0.3, 0.4) is 0 Å². The largest absolute Gasteiger partial charge is 0.461 e. The van der Waals surface area contributed by atoms with Gasteiger partial charge in [0, 0.05) is 24.5 Å². The molecule has 2 saturated heterocycles. The van der Waals surface area contributed by atoms with Crippen molar-refractivity contribution in [2.24, 2.45) is 5.92 Å². The summed E-state index contributed by atoms with van der Waals surface area (Å²) in [5.74, 6) is 0.00984. The Bertz CT molecular complexity index is 510. The van der Waals surface area contributed by atoms with E-state index in [9.17, 15) is 4.79 Å². The number of likely N-dealkylation sites (N-methyl/N-ethyl adjacent to an activating group) is 1. The molecule has 1 aromatic rings. The highest BCUT2D eigenvalue weighted by atomic mass is 16.5. The maximum absolute atomic E-state index is 12.2. The number of benzene rings is 1. The second kappa shape index (κ2) is 5.46. The average molecular weight is 285 g/mol. The fourth-order valence-electron chi connectivity index (χ4n) is 3.68. The molecule has 4 nitrogen and oxygen atoms in total. The Hall–Kier alpha value is -1.33. The molecular weight excluding hydrogens is 265 g/mol. The van der Waals surface area contributed by atoms with Crippen molar-refractivity contribution in [3.63, 3.8) is 0 Å². The van der Waals surface area contributed by atoms with Gasteiger partial charge >= 0.3 is 5.97 Å². The number of nitrogens with zero attached hydrogens (tertiary/aromatic N) is 1. The van der Waals surface area contributed by atoms with Gasteiger partial charge in [-0.1, -0.05) is 37.3 Å². The van der Waals surface area contributed by atoms with Gasteiger partial charge in [0.05, 0.1) is 12.0 Å². The first-order chi connectivity index (χ1) is 10.0. The predicted octanol–water partition coefficient (Wildman–Crippen LogP) is 1.33. The summed E-state index contributed by atoms with van der Waals surface area (Å²) in [6, 6.07) is 9.55. The highest BCUT2D eigenvalue weighted by Gasteiger charge is 2.59. The molecule has 5 heteroatoms. The third-order valence-electron chi connectivity index (χ3n) is 4.76. The third kappa shape index (κ3) is 2.60. The number of morpholine rings is 1. The van der Waals surface area contributed by atoms with Gasteiger partial charge in [0.15, 0.2) is 0 Å². The summed E-state index contributed by atoms with van der Waals surface area (Å²) in [4.78, 5) is 14.3.